The molecule has 6 N–H and O–H groups in total. The molecule has 0 saturated carbocycles. The van der Waals surface area contributed by atoms with E-state index in [1.165, 1.54) is 11.3 Å². The number of carbonyl (C=O) groups is 5. The van der Waals surface area contributed by atoms with Crippen LogP contribution in [0.1, 0.15) is 28.0 Å². The fourth-order valence-electron chi connectivity index (χ4n) is 6.63. The molecular formula is C44H45N5O9S2. The Hall–Kier alpha value is -6.36. The first-order valence-electron chi connectivity index (χ1n) is 19.2. The summed E-state index contributed by atoms with van der Waals surface area (Å²) in [5.74, 6) is -4.37. The molecule has 7 rings (SSSR count). The second-order valence-corrected chi connectivity index (χ2v) is 16.8. The van der Waals surface area contributed by atoms with Gasteiger partial charge in [0.15, 0.2) is 6.61 Å². The average molecular weight is 852 g/mol. The molecule has 14 nitrogen and oxygen atoms in total. The Morgan fingerprint density at radius 2 is 1.30 bits per heavy atom. The molecule has 60 heavy (non-hydrogen) atoms. The number of rotatable bonds is 11. The summed E-state index contributed by atoms with van der Waals surface area (Å²) in [7, 11) is -4.61. The number of thiophene rings is 1. The van der Waals surface area contributed by atoms with Crippen LogP contribution < -0.4 is 31.3 Å². The Morgan fingerprint density at radius 1 is 0.683 bits per heavy atom. The third-order valence-corrected chi connectivity index (χ3v) is 11.2. The van der Waals surface area contributed by atoms with Crippen LogP contribution in [0.25, 0.3) is 11.1 Å². The molecule has 312 valence electrons. The third-order valence-electron chi connectivity index (χ3n) is 9.76. The van der Waals surface area contributed by atoms with Crippen LogP contribution in [0, 0.1) is 0 Å². The lowest BCUT2D eigenvalue weighted by molar-refractivity contribution is -0.134. The zero-order chi connectivity index (χ0) is 42.5. The van der Waals surface area contributed by atoms with Crippen LogP contribution in [0.15, 0.2) is 127 Å². The van der Waals surface area contributed by atoms with Gasteiger partial charge < -0.3 is 31.3 Å². The molecule has 4 atom stereocenters. The predicted octanol–water partition coefficient (Wildman–Crippen LogP) is 3.37. The van der Waals surface area contributed by atoms with E-state index in [4.69, 9.17) is 4.74 Å². The molecular weight excluding hydrogens is 807 g/mol. The number of amides is 5. The van der Waals surface area contributed by atoms with E-state index in [1.807, 2.05) is 102 Å². The summed E-state index contributed by atoms with van der Waals surface area (Å²) in [5.41, 5.74) is 4.04. The molecule has 0 saturated heterocycles. The molecule has 0 aliphatic carbocycles. The SMILES string of the molecule is O=C1COc2ccc(cc2)CC(C(=O)NCS(=O)(=O)O)NC(=O)C(CCc2ccccc2)NC(=O)C(Cc2ccc(-c3ccccc3)cc2)NC(=O)C(Cc2cccs2)N1. The fourth-order valence-corrected chi connectivity index (χ4v) is 7.70. The Labute approximate surface area is 351 Å². The molecule has 0 radical (unpaired) electrons. The molecule has 0 spiro atoms. The Bertz CT molecular complexity index is 2340. The molecule has 0 fully saturated rings. The quantitative estimate of drug-likeness (QED) is 0.0850. The van der Waals surface area contributed by atoms with Crippen LogP contribution in [-0.4, -0.2) is 79.2 Å². The van der Waals surface area contributed by atoms with E-state index in [0.29, 0.717) is 23.3 Å². The Balaban J connectivity index is 1.34. The van der Waals surface area contributed by atoms with Crippen molar-refractivity contribution in [1.29, 1.82) is 0 Å². The molecule has 5 aromatic rings. The van der Waals surface area contributed by atoms with Gasteiger partial charge in [0.1, 0.15) is 35.8 Å². The summed E-state index contributed by atoms with van der Waals surface area (Å²) in [6.07, 6.45) is 0.444. The Kier molecular flexibility index (Phi) is 14.8. The largest absolute Gasteiger partial charge is 0.484 e. The number of nitrogens with one attached hydrogen (secondary N) is 5. The molecule has 1 aromatic heterocycles. The minimum Gasteiger partial charge on any atom is -0.484 e. The molecule has 16 heteroatoms. The number of ether oxygens (including phenoxy) is 1. The number of hydrogen-bond donors (Lipinski definition) is 6. The maximum absolute atomic E-state index is 14.5. The van der Waals surface area contributed by atoms with E-state index < -0.39 is 76.3 Å². The van der Waals surface area contributed by atoms with Crippen molar-refractivity contribution in [2.75, 3.05) is 12.5 Å². The summed E-state index contributed by atoms with van der Waals surface area (Å²) in [4.78, 5) is 70.4. The zero-order valence-electron chi connectivity index (χ0n) is 32.4. The number of carbonyl (C=O) groups excluding carboxylic acids is 5. The lowest BCUT2D eigenvalue weighted by Gasteiger charge is -2.27. The molecule has 3 heterocycles. The molecule has 4 aromatic carbocycles. The number of fused-ring (bicyclic) bond motifs is 16. The van der Waals surface area contributed by atoms with Gasteiger partial charge in [0.25, 0.3) is 16.0 Å². The normalized spacial score (nSPS) is 19.3. The fraction of sp³-hybridized carbons (Fsp3) is 0.250. The molecule has 4 unspecified atom stereocenters. The summed E-state index contributed by atoms with van der Waals surface area (Å²) in [6, 6.07) is 31.5. The van der Waals surface area contributed by atoms with Crippen LogP contribution >= 0.6 is 11.3 Å². The van der Waals surface area contributed by atoms with Gasteiger partial charge in [0, 0.05) is 24.1 Å². The van der Waals surface area contributed by atoms with Gasteiger partial charge in [-0.25, -0.2) is 0 Å². The van der Waals surface area contributed by atoms with E-state index in [2.05, 4.69) is 26.6 Å². The minimum atomic E-state index is -4.61. The van der Waals surface area contributed by atoms with Crippen LogP contribution in [-0.2, 0) is 59.8 Å². The maximum atomic E-state index is 14.5. The van der Waals surface area contributed by atoms with Crippen molar-refractivity contribution in [2.24, 2.45) is 0 Å². The highest BCUT2D eigenvalue weighted by Crippen LogP contribution is 2.21. The number of benzene rings is 4. The molecule has 5 amide bonds. The number of aryl methyl sites for hydroxylation is 1. The topological polar surface area (TPSA) is 209 Å². The number of hydrogen-bond acceptors (Lipinski definition) is 9. The van der Waals surface area contributed by atoms with Crippen molar-refractivity contribution in [3.8, 4) is 16.9 Å². The highest BCUT2D eigenvalue weighted by molar-refractivity contribution is 7.85. The monoisotopic (exact) mass is 851 g/mol. The van der Waals surface area contributed by atoms with Crippen molar-refractivity contribution in [2.45, 2.75) is 56.3 Å². The summed E-state index contributed by atoms with van der Waals surface area (Å²) in [5, 5.41) is 15.1. The third kappa shape index (κ3) is 13.1. The first-order valence-corrected chi connectivity index (χ1v) is 21.7. The van der Waals surface area contributed by atoms with E-state index in [1.54, 1.807) is 24.3 Å². The predicted molar refractivity (Wildman–Crippen MR) is 226 cm³/mol. The van der Waals surface area contributed by atoms with E-state index in [0.717, 1.165) is 21.6 Å². The van der Waals surface area contributed by atoms with E-state index in [9.17, 15) is 36.9 Å². The van der Waals surface area contributed by atoms with Crippen molar-refractivity contribution in [1.82, 2.24) is 26.6 Å². The van der Waals surface area contributed by atoms with E-state index >= 15 is 0 Å². The van der Waals surface area contributed by atoms with Crippen molar-refractivity contribution in [3.05, 3.63) is 148 Å². The minimum absolute atomic E-state index is 0.0110. The van der Waals surface area contributed by atoms with Gasteiger partial charge in [0.2, 0.25) is 23.6 Å². The van der Waals surface area contributed by atoms with Crippen molar-refractivity contribution < 1.29 is 41.7 Å². The highest BCUT2D eigenvalue weighted by Gasteiger charge is 2.32. The first kappa shape index (κ1) is 43.2. The van der Waals surface area contributed by atoms with Gasteiger partial charge in [-0.1, -0.05) is 103 Å². The summed E-state index contributed by atoms with van der Waals surface area (Å²) >= 11 is 1.41. The molecule has 2 bridgehead atoms. The van der Waals surface area contributed by atoms with Gasteiger partial charge in [0.05, 0.1) is 0 Å². The second-order valence-electron chi connectivity index (χ2n) is 14.3. The first-order chi connectivity index (χ1) is 28.9. The van der Waals surface area contributed by atoms with Gasteiger partial charge >= 0.3 is 0 Å². The Morgan fingerprint density at radius 3 is 1.95 bits per heavy atom. The van der Waals surface area contributed by atoms with Crippen LogP contribution in [0.3, 0.4) is 0 Å². The van der Waals surface area contributed by atoms with Crippen LogP contribution in [0.2, 0.25) is 0 Å². The average Bonchev–Trinajstić information content (AvgIpc) is 3.77. The van der Waals surface area contributed by atoms with Crippen LogP contribution in [0.5, 0.6) is 5.75 Å². The lowest BCUT2D eigenvalue weighted by Crippen LogP contribution is -2.59. The van der Waals surface area contributed by atoms with Gasteiger partial charge in [-0.15, -0.1) is 11.3 Å². The highest BCUT2D eigenvalue weighted by atomic mass is 32.2. The van der Waals surface area contributed by atoms with Crippen LogP contribution in [0.4, 0.5) is 0 Å². The van der Waals surface area contributed by atoms with Crippen molar-refractivity contribution >= 4 is 51.0 Å². The van der Waals surface area contributed by atoms with Crippen molar-refractivity contribution in [3.63, 3.8) is 0 Å². The van der Waals surface area contributed by atoms with Gasteiger partial charge in [-0.2, -0.15) is 8.42 Å². The van der Waals surface area contributed by atoms with Gasteiger partial charge in [-0.05, 0) is 64.2 Å². The lowest BCUT2D eigenvalue weighted by atomic mass is 9.99. The van der Waals surface area contributed by atoms with Gasteiger partial charge in [-0.3, -0.25) is 28.5 Å². The molecule has 2 aliphatic heterocycles. The zero-order valence-corrected chi connectivity index (χ0v) is 34.0. The standard InChI is InChI=1S/C44H45N5O9S2/c50-40-27-58-34-20-15-31(16-21-34)24-37(41(51)45-28-60(55,56)57)48-42(52)36(22-17-29-8-3-1-4-9-29)47-43(53)38(49-44(54)39(46-40)26-35-12-7-23-59-35)25-30-13-18-33(19-14-30)32-10-5-2-6-11-32/h1-16,18-21,23,36-39H,17,22,24-28H2,(H,45,51)(H,46,50)(H,47,53)(H,48,52)(H,49,54)(H,55,56,57). The maximum Gasteiger partial charge on any atom is 0.283 e. The molecule has 2 aliphatic rings. The smallest absolute Gasteiger partial charge is 0.283 e. The second kappa shape index (κ2) is 20.6. The summed E-state index contributed by atoms with van der Waals surface area (Å²) < 4.78 is 38.1. The summed E-state index contributed by atoms with van der Waals surface area (Å²) in [6.45, 7) is -0.439. The van der Waals surface area contributed by atoms with E-state index in [-0.39, 0.29) is 25.7 Å².